The highest BCUT2D eigenvalue weighted by Gasteiger charge is 2.08. The van der Waals surface area contributed by atoms with Gasteiger partial charge in [-0.25, -0.2) is 0 Å². The molecule has 2 rings (SSSR count). The minimum atomic E-state index is 0.119. The zero-order valence-corrected chi connectivity index (χ0v) is 12.7. The Morgan fingerprint density at radius 1 is 1.00 bits per heavy atom. The van der Waals surface area contributed by atoms with Crippen LogP contribution in [0.25, 0.3) is 0 Å². The molecule has 100 valence electrons. The molecule has 0 atom stereocenters. The molecule has 0 unspecified atom stereocenters. The third-order valence-corrected chi connectivity index (χ3v) is 3.00. The minimum Gasteiger partial charge on any atom is -0.487 e. The van der Waals surface area contributed by atoms with Crippen LogP contribution < -0.4 is 9.47 Å². The molecule has 0 saturated carbocycles. The van der Waals surface area contributed by atoms with Crippen molar-refractivity contribution in [1.29, 1.82) is 0 Å². The molecule has 0 aliphatic carbocycles. The Morgan fingerprint density at radius 3 is 2.42 bits per heavy atom. The van der Waals surface area contributed by atoms with Gasteiger partial charge in [-0.2, -0.15) is 0 Å². The van der Waals surface area contributed by atoms with Crippen LogP contribution in [0.5, 0.6) is 11.5 Å². The van der Waals surface area contributed by atoms with Gasteiger partial charge in [0.25, 0.3) is 0 Å². The summed E-state index contributed by atoms with van der Waals surface area (Å²) in [6.07, 6.45) is 0.119. The van der Waals surface area contributed by atoms with Gasteiger partial charge in [0.15, 0.2) is 11.5 Å². The quantitative estimate of drug-likeness (QED) is 0.786. The summed E-state index contributed by atoms with van der Waals surface area (Å²) in [7, 11) is 0. The zero-order chi connectivity index (χ0) is 13.7. The van der Waals surface area contributed by atoms with Crippen molar-refractivity contribution in [3.8, 4) is 11.5 Å². The first-order valence-electron chi connectivity index (χ1n) is 6.28. The van der Waals surface area contributed by atoms with E-state index in [2.05, 4.69) is 15.9 Å². The lowest BCUT2D eigenvalue weighted by molar-refractivity contribution is 0.218. The van der Waals surface area contributed by atoms with Crippen LogP contribution in [0.1, 0.15) is 19.4 Å². The fourth-order valence-electron chi connectivity index (χ4n) is 1.68. The van der Waals surface area contributed by atoms with E-state index in [4.69, 9.17) is 9.47 Å². The van der Waals surface area contributed by atoms with Gasteiger partial charge in [-0.1, -0.05) is 46.3 Å². The van der Waals surface area contributed by atoms with Crippen molar-refractivity contribution in [1.82, 2.24) is 0 Å². The molecule has 0 N–H and O–H groups in total. The van der Waals surface area contributed by atoms with E-state index in [1.807, 2.05) is 62.4 Å². The molecule has 0 spiro atoms. The molecule has 2 nitrogen and oxygen atoms in total. The van der Waals surface area contributed by atoms with Gasteiger partial charge in [-0.3, -0.25) is 0 Å². The maximum absolute atomic E-state index is 5.83. The third-order valence-electron chi connectivity index (χ3n) is 2.51. The summed E-state index contributed by atoms with van der Waals surface area (Å²) in [6, 6.07) is 15.9. The van der Waals surface area contributed by atoms with Crippen LogP contribution in [-0.4, -0.2) is 6.10 Å². The van der Waals surface area contributed by atoms with Gasteiger partial charge in [-0.05, 0) is 37.6 Å². The highest BCUT2D eigenvalue weighted by Crippen LogP contribution is 2.31. The summed E-state index contributed by atoms with van der Waals surface area (Å²) in [5.74, 6) is 1.53. The van der Waals surface area contributed by atoms with Crippen LogP contribution in [0.2, 0.25) is 0 Å². The van der Waals surface area contributed by atoms with E-state index < -0.39 is 0 Å². The number of halogens is 1. The van der Waals surface area contributed by atoms with Crippen molar-refractivity contribution >= 4 is 15.9 Å². The van der Waals surface area contributed by atoms with Gasteiger partial charge in [0.2, 0.25) is 0 Å². The fourth-order valence-corrected chi connectivity index (χ4v) is 2.02. The lowest BCUT2D eigenvalue weighted by atomic mass is 10.2. The van der Waals surface area contributed by atoms with Crippen molar-refractivity contribution in [3.63, 3.8) is 0 Å². The SMILES string of the molecule is CC(C)Oc1cc(Br)ccc1OCc1ccccc1. The van der Waals surface area contributed by atoms with Gasteiger partial charge in [0.05, 0.1) is 6.10 Å². The minimum absolute atomic E-state index is 0.119. The van der Waals surface area contributed by atoms with Crippen molar-refractivity contribution in [2.75, 3.05) is 0 Å². The molecule has 0 bridgehead atoms. The van der Waals surface area contributed by atoms with E-state index in [1.165, 1.54) is 0 Å². The summed E-state index contributed by atoms with van der Waals surface area (Å²) in [6.45, 7) is 4.54. The first-order valence-corrected chi connectivity index (χ1v) is 7.07. The normalized spacial score (nSPS) is 10.5. The third kappa shape index (κ3) is 4.28. The van der Waals surface area contributed by atoms with E-state index in [9.17, 15) is 0 Å². The van der Waals surface area contributed by atoms with Crippen LogP contribution in [0, 0.1) is 0 Å². The lowest BCUT2D eigenvalue weighted by Gasteiger charge is -2.15. The fraction of sp³-hybridized carbons (Fsp3) is 0.250. The maximum Gasteiger partial charge on any atom is 0.162 e. The van der Waals surface area contributed by atoms with E-state index in [0.717, 1.165) is 21.5 Å². The predicted molar refractivity (Wildman–Crippen MR) is 80.7 cm³/mol. The Balaban J connectivity index is 2.11. The van der Waals surface area contributed by atoms with E-state index in [1.54, 1.807) is 0 Å². The number of hydrogen-bond donors (Lipinski definition) is 0. The van der Waals surface area contributed by atoms with Crippen molar-refractivity contribution in [3.05, 3.63) is 58.6 Å². The lowest BCUT2D eigenvalue weighted by Crippen LogP contribution is -2.07. The second-order valence-corrected chi connectivity index (χ2v) is 5.45. The summed E-state index contributed by atoms with van der Waals surface area (Å²) in [5.41, 5.74) is 1.14. The smallest absolute Gasteiger partial charge is 0.162 e. The molecule has 0 amide bonds. The summed E-state index contributed by atoms with van der Waals surface area (Å²) in [5, 5.41) is 0. The molecular weight excluding hydrogens is 304 g/mol. The summed E-state index contributed by atoms with van der Waals surface area (Å²) in [4.78, 5) is 0. The van der Waals surface area contributed by atoms with Gasteiger partial charge in [0.1, 0.15) is 6.61 Å². The molecular formula is C16H17BrO2. The van der Waals surface area contributed by atoms with Crippen LogP contribution in [0.4, 0.5) is 0 Å². The number of hydrogen-bond acceptors (Lipinski definition) is 2. The van der Waals surface area contributed by atoms with Crippen LogP contribution in [0.3, 0.4) is 0 Å². The largest absolute Gasteiger partial charge is 0.487 e. The molecule has 0 radical (unpaired) electrons. The molecule has 0 aromatic heterocycles. The molecule has 19 heavy (non-hydrogen) atoms. The van der Waals surface area contributed by atoms with Crippen molar-refractivity contribution in [2.45, 2.75) is 26.6 Å². The van der Waals surface area contributed by atoms with Gasteiger partial charge in [-0.15, -0.1) is 0 Å². The average Bonchev–Trinajstić information content (AvgIpc) is 2.38. The average molecular weight is 321 g/mol. The van der Waals surface area contributed by atoms with Crippen molar-refractivity contribution in [2.24, 2.45) is 0 Å². The van der Waals surface area contributed by atoms with Gasteiger partial charge >= 0.3 is 0 Å². The maximum atomic E-state index is 5.83. The zero-order valence-electron chi connectivity index (χ0n) is 11.1. The van der Waals surface area contributed by atoms with Gasteiger partial charge in [0, 0.05) is 4.47 Å². The first kappa shape index (κ1) is 13.9. The topological polar surface area (TPSA) is 18.5 Å². The Kier molecular flexibility index (Phi) is 4.86. The Hall–Kier alpha value is -1.48. The van der Waals surface area contributed by atoms with Crippen LogP contribution in [0.15, 0.2) is 53.0 Å². The molecule has 3 heteroatoms. The van der Waals surface area contributed by atoms with Crippen LogP contribution in [-0.2, 0) is 6.61 Å². The van der Waals surface area contributed by atoms with E-state index in [-0.39, 0.29) is 6.10 Å². The number of benzene rings is 2. The summed E-state index contributed by atoms with van der Waals surface area (Å²) < 4.78 is 12.6. The molecule has 0 heterocycles. The van der Waals surface area contributed by atoms with E-state index in [0.29, 0.717) is 6.61 Å². The Bertz CT molecular complexity index is 524. The molecule has 2 aromatic carbocycles. The van der Waals surface area contributed by atoms with Gasteiger partial charge < -0.3 is 9.47 Å². The molecule has 0 aliphatic rings. The summed E-state index contributed by atoms with van der Waals surface area (Å²) >= 11 is 3.45. The highest BCUT2D eigenvalue weighted by atomic mass is 79.9. The first-order chi connectivity index (χ1) is 9.15. The predicted octanol–water partition coefficient (Wildman–Crippen LogP) is 4.82. The van der Waals surface area contributed by atoms with Crippen LogP contribution >= 0.6 is 15.9 Å². The molecule has 2 aromatic rings. The number of ether oxygens (including phenoxy) is 2. The Morgan fingerprint density at radius 2 is 1.74 bits per heavy atom. The second kappa shape index (κ2) is 6.62. The second-order valence-electron chi connectivity index (χ2n) is 4.53. The molecule has 0 saturated heterocycles. The standard InChI is InChI=1S/C16H17BrO2/c1-12(2)19-16-10-14(17)8-9-15(16)18-11-13-6-4-3-5-7-13/h3-10,12H,11H2,1-2H3. The molecule has 0 aliphatic heterocycles. The van der Waals surface area contributed by atoms with E-state index >= 15 is 0 Å². The monoisotopic (exact) mass is 320 g/mol. The number of rotatable bonds is 5. The van der Waals surface area contributed by atoms with Crippen molar-refractivity contribution < 1.29 is 9.47 Å². The molecule has 0 fully saturated rings. The Labute approximate surface area is 122 Å². The highest BCUT2D eigenvalue weighted by molar-refractivity contribution is 9.10.